The Kier molecular flexibility index (Phi) is 2.69. The van der Waals surface area contributed by atoms with Crippen LogP contribution in [0.4, 0.5) is 0 Å². The Balaban J connectivity index is 2.10. The molecule has 3 aromatic rings. The van der Waals surface area contributed by atoms with Crippen molar-refractivity contribution in [2.24, 2.45) is 0 Å². The SMILES string of the molecule is Oc1ccc(Cc2ccccc2)c2cccnc12. The zero-order chi connectivity index (χ0) is 12.4. The Labute approximate surface area is 106 Å². The number of hydrogen-bond donors (Lipinski definition) is 1. The molecule has 0 aliphatic heterocycles. The van der Waals surface area contributed by atoms with E-state index in [2.05, 4.69) is 17.1 Å². The van der Waals surface area contributed by atoms with Crippen molar-refractivity contribution >= 4 is 10.9 Å². The highest BCUT2D eigenvalue weighted by Crippen LogP contribution is 2.26. The van der Waals surface area contributed by atoms with Gasteiger partial charge in [0.15, 0.2) is 0 Å². The summed E-state index contributed by atoms with van der Waals surface area (Å²) < 4.78 is 0. The highest BCUT2D eigenvalue weighted by Gasteiger charge is 2.06. The molecule has 2 nitrogen and oxygen atoms in total. The first-order valence-corrected chi connectivity index (χ1v) is 5.94. The van der Waals surface area contributed by atoms with Crippen LogP contribution in [0.1, 0.15) is 11.1 Å². The molecule has 1 N–H and O–H groups in total. The van der Waals surface area contributed by atoms with E-state index >= 15 is 0 Å². The van der Waals surface area contributed by atoms with Gasteiger partial charge in [0.2, 0.25) is 0 Å². The fourth-order valence-electron chi connectivity index (χ4n) is 2.19. The average molecular weight is 235 g/mol. The predicted molar refractivity (Wildman–Crippen MR) is 72.7 cm³/mol. The number of hydrogen-bond acceptors (Lipinski definition) is 2. The van der Waals surface area contributed by atoms with Crippen LogP contribution in [0.2, 0.25) is 0 Å². The molecule has 0 atom stereocenters. The molecule has 0 aliphatic carbocycles. The van der Waals surface area contributed by atoms with Crippen molar-refractivity contribution in [2.45, 2.75) is 6.42 Å². The lowest BCUT2D eigenvalue weighted by molar-refractivity contribution is 0.480. The van der Waals surface area contributed by atoms with E-state index in [1.165, 1.54) is 11.1 Å². The van der Waals surface area contributed by atoms with Gasteiger partial charge in [0.25, 0.3) is 0 Å². The van der Waals surface area contributed by atoms with Crippen LogP contribution >= 0.6 is 0 Å². The van der Waals surface area contributed by atoms with Gasteiger partial charge in [-0.15, -0.1) is 0 Å². The predicted octanol–water partition coefficient (Wildman–Crippen LogP) is 3.53. The topological polar surface area (TPSA) is 33.1 Å². The van der Waals surface area contributed by atoms with E-state index < -0.39 is 0 Å². The zero-order valence-electron chi connectivity index (χ0n) is 9.88. The van der Waals surface area contributed by atoms with Crippen LogP contribution in [-0.2, 0) is 6.42 Å². The van der Waals surface area contributed by atoms with Gasteiger partial charge in [-0.1, -0.05) is 42.5 Å². The Morgan fingerprint density at radius 3 is 2.56 bits per heavy atom. The molecule has 0 aliphatic rings. The summed E-state index contributed by atoms with van der Waals surface area (Å²) in [6, 6.07) is 17.9. The zero-order valence-corrected chi connectivity index (χ0v) is 9.88. The van der Waals surface area contributed by atoms with E-state index in [0.29, 0.717) is 5.52 Å². The molecule has 0 radical (unpaired) electrons. The van der Waals surface area contributed by atoms with Crippen molar-refractivity contribution in [2.75, 3.05) is 0 Å². The molecule has 1 aromatic heterocycles. The third-order valence-electron chi connectivity index (χ3n) is 3.08. The summed E-state index contributed by atoms with van der Waals surface area (Å²) >= 11 is 0. The monoisotopic (exact) mass is 235 g/mol. The van der Waals surface area contributed by atoms with Crippen LogP contribution in [0, 0.1) is 0 Å². The molecule has 0 spiro atoms. The molecule has 3 rings (SSSR count). The molecule has 0 fully saturated rings. The van der Waals surface area contributed by atoms with Gasteiger partial charge in [0, 0.05) is 11.6 Å². The first-order chi connectivity index (χ1) is 8.84. The standard InChI is InChI=1S/C16H13NO/c18-15-9-8-13(11-12-5-2-1-3-6-12)14-7-4-10-17-16(14)15/h1-10,18H,11H2. The van der Waals surface area contributed by atoms with Crippen LogP contribution < -0.4 is 0 Å². The lowest BCUT2D eigenvalue weighted by atomic mass is 10.0. The third kappa shape index (κ3) is 1.93. The molecule has 2 aromatic carbocycles. The van der Waals surface area contributed by atoms with Gasteiger partial charge in [0.1, 0.15) is 11.3 Å². The van der Waals surface area contributed by atoms with Crippen LogP contribution in [0.25, 0.3) is 10.9 Å². The molecule has 1 heterocycles. The maximum atomic E-state index is 9.80. The minimum Gasteiger partial charge on any atom is -0.506 e. The average Bonchev–Trinajstić information content (AvgIpc) is 2.44. The van der Waals surface area contributed by atoms with E-state index in [0.717, 1.165) is 11.8 Å². The molecule has 2 heteroatoms. The first kappa shape index (κ1) is 10.8. The normalized spacial score (nSPS) is 10.7. The lowest BCUT2D eigenvalue weighted by Gasteiger charge is -2.07. The Bertz CT molecular complexity index is 677. The molecule has 88 valence electrons. The summed E-state index contributed by atoms with van der Waals surface area (Å²) in [5.74, 6) is 0.238. The fraction of sp³-hybridized carbons (Fsp3) is 0.0625. The quantitative estimate of drug-likeness (QED) is 0.737. The smallest absolute Gasteiger partial charge is 0.141 e. The molecule has 0 amide bonds. The summed E-state index contributed by atoms with van der Waals surface area (Å²) in [4.78, 5) is 4.23. The van der Waals surface area contributed by atoms with E-state index in [1.807, 2.05) is 36.4 Å². The number of phenolic OH excluding ortho intramolecular Hbond substituents is 1. The lowest BCUT2D eigenvalue weighted by Crippen LogP contribution is -1.91. The molecule has 18 heavy (non-hydrogen) atoms. The number of nitrogens with zero attached hydrogens (tertiary/aromatic N) is 1. The summed E-state index contributed by atoms with van der Waals surface area (Å²) in [5, 5.41) is 10.8. The van der Waals surface area contributed by atoms with Crippen LogP contribution in [-0.4, -0.2) is 10.1 Å². The second-order valence-electron chi connectivity index (χ2n) is 4.31. The Morgan fingerprint density at radius 1 is 0.889 bits per heavy atom. The molecular formula is C16H13NO. The number of pyridine rings is 1. The molecule has 0 bridgehead atoms. The minimum absolute atomic E-state index is 0.238. The van der Waals surface area contributed by atoms with Gasteiger partial charge in [-0.05, 0) is 29.7 Å². The number of fused-ring (bicyclic) bond motifs is 1. The van der Waals surface area contributed by atoms with E-state index in [-0.39, 0.29) is 5.75 Å². The van der Waals surface area contributed by atoms with Gasteiger partial charge in [-0.2, -0.15) is 0 Å². The molecule has 0 saturated heterocycles. The van der Waals surface area contributed by atoms with Crippen LogP contribution in [0.5, 0.6) is 5.75 Å². The van der Waals surface area contributed by atoms with Gasteiger partial charge < -0.3 is 5.11 Å². The van der Waals surface area contributed by atoms with E-state index in [4.69, 9.17) is 0 Å². The number of benzene rings is 2. The van der Waals surface area contributed by atoms with Crippen molar-refractivity contribution < 1.29 is 5.11 Å². The molecule has 0 saturated carbocycles. The van der Waals surface area contributed by atoms with Crippen LogP contribution in [0.3, 0.4) is 0 Å². The maximum absolute atomic E-state index is 9.80. The van der Waals surface area contributed by atoms with Crippen LogP contribution in [0.15, 0.2) is 60.8 Å². The van der Waals surface area contributed by atoms with Crippen molar-refractivity contribution in [3.8, 4) is 5.75 Å². The van der Waals surface area contributed by atoms with Gasteiger partial charge in [-0.25, -0.2) is 0 Å². The highest BCUT2D eigenvalue weighted by molar-refractivity contribution is 5.87. The van der Waals surface area contributed by atoms with Gasteiger partial charge in [0.05, 0.1) is 0 Å². The summed E-state index contributed by atoms with van der Waals surface area (Å²) in [6.07, 6.45) is 2.55. The van der Waals surface area contributed by atoms with Crippen molar-refractivity contribution in [1.82, 2.24) is 4.98 Å². The first-order valence-electron chi connectivity index (χ1n) is 5.94. The van der Waals surface area contributed by atoms with Gasteiger partial charge in [-0.3, -0.25) is 4.98 Å². The number of aromatic nitrogens is 1. The van der Waals surface area contributed by atoms with E-state index in [9.17, 15) is 5.11 Å². The number of phenols is 1. The summed E-state index contributed by atoms with van der Waals surface area (Å²) in [7, 11) is 0. The summed E-state index contributed by atoms with van der Waals surface area (Å²) in [6.45, 7) is 0. The minimum atomic E-state index is 0.238. The number of aromatic hydroxyl groups is 1. The largest absolute Gasteiger partial charge is 0.506 e. The van der Waals surface area contributed by atoms with Crippen molar-refractivity contribution in [3.63, 3.8) is 0 Å². The maximum Gasteiger partial charge on any atom is 0.141 e. The fourth-order valence-corrected chi connectivity index (χ4v) is 2.19. The van der Waals surface area contributed by atoms with Gasteiger partial charge >= 0.3 is 0 Å². The Morgan fingerprint density at radius 2 is 1.72 bits per heavy atom. The second-order valence-corrected chi connectivity index (χ2v) is 4.31. The number of rotatable bonds is 2. The molecule has 0 unspecified atom stereocenters. The van der Waals surface area contributed by atoms with E-state index in [1.54, 1.807) is 12.3 Å². The molecular weight excluding hydrogens is 222 g/mol. The Hall–Kier alpha value is -2.35. The highest BCUT2D eigenvalue weighted by atomic mass is 16.3. The van der Waals surface area contributed by atoms with Crippen molar-refractivity contribution in [3.05, 3.63) is 71.9 Å². The summed E-state index contributed by atoms with van der Waals surface area (Å²) in [5.41, 5.74) is 3.11. The third-order valence-corrected chi connectivity index (χ3v) is 3.08. The van der Waals surface area contributed by atoms with Crippen molar-refractivity contribution in [1.29, 1.82) is 0 Å². The second kappa shape index (κ2) is 4.49.